The number of hydrogen-bond donors (Lipinski definition) is 0. The predicted octanol–water partition coefficient (Wildman–Crippen LogP) is 5.21. The van der Waals surface area contributed by atoms with Crippen molar-refractivity contribution in [3.63, 3.8) is 0 Å². The Kier molecular flexibility index (Phi) is 2.70. The summed E-state index contributed by atoms with van der Waals surface area (Å²) >= 11 is 16.1. The van der Waals surface area contributed by atoms with E-state index in [4.69, 9.17) is 50.3 Å². The summed E-state index contributed by atoms with van der Waals surface area (Å²) in [4.78, 5) is 14.5. The molecule has 0 radical (unpaired) electrons. The average Bonchev–Trinajstić information content (AvgIpc) is 1.84. The molecular formula is Cl3N9P-. The summed E-state index contributed by atoms with van der Waals surface area (Å²) in [6.45, 7) is 0. The van der Waals surface area contributed by atoms with Gasteiger partial charge < -0.3 is 0 Å². The van der Waals surface area contributed by atoms with E-state index in [1.807, 2.05) is 0 Å². The van der Waals surface area contributed by atoms with Gasteiger partial charge >= 0.3 is 84.2 Å². The van der Waals surface area contributed by atoms with Crippen molar-refractivity contribution >= 4 is 38.2 Å². The van der Waals surface area contributed by atoms with Crippen molar-refractivity contribution in [2.45, 2.75) is 0 Å². The van der Waals surface area contributed by atoms with Crippen LogP contribution in [0, 0.1) is 0 Å². The van der Waals surface area contributed by atoms with Crippen LogP contribution < -0.4 is 0 Å². The number of azide groups is 1. The maximum absolute atomic E-state index is 8.06. The molecule has 0 amide bonds. The molecule has 13 heavy (non-hydrogen) atoms. The van der Waals surface area contributed by atoms with E-state index in [1.54, 1.807) is 0 Å². The van der Waals surface area contributed by atoms with Crippen molar-refractivity contribution in [1.29, 1.82) is 0 Å². The van der Waals surface area contributed by atoms with Gasteiger partial charge in [-0.15, -0.1) is 0 Å². The van der Waals surface area contributed by atoms with E-state index < -0.39 is 4.45 Å². The fraction of sp³-hybridized carbons (Fsp3) is 0. The number of nitrogens with zero attached hydrogens (tertiary/aromatic N) is 9. The molecule has 0 fully saturated rings. The molecule has 13 heteroatoms. The molecule has 0 aliphatic carbocycles. The van der Waals surface area contributed by atoms with Crippen LogP contribution in [-0.4, -0.2) is 0 Å². The molecule has 0 aromatic carbocycles. The first kappa shape index (κ1) is 12.2. The summed E-state index contributed by atoms with van der Waals surface area (Å²) in [5.41, 5.74) is 24.2. The SMILES string of the molecule is [N-]=[N+]=N[P-](Cl)(Cl)(Cl)(N=[N+]=[N-])N=[N+]=[N-]. The van der Waals surface area contributed by atoms with E-state index in [9.17, 15) is 0 Å². The molecule has 0 saturated carbocycles. The second kappa shape index (κ2) is 2.87. The molecule has 0 aromatic heterocycles. The third kappa shape index (κ3) is 3.22. The molecule has 0 atom stereocenters. The van der Waals surface area contributed by atoms with Crippen LogP contribution in [0.15, 0.2) is 14.7 Å². The zero-order valence-electron chi connectivity index (χ0n) is 5.61. The van der Waals surface area contributed by atoms with Gasteiger partial charge in [0.2, 0.25) is 0 Å². The van der Waals surface area contributed by atoms with Gasteiger partial charge in [0.05, 0.1) is 0 Å². The first-order valence-electron chi connectivity index (χ1n) is 2.31. The van der Waals surface area contributed by atoms with Crippen molar-refractivity contribution in [3.05, 3.63) is 31.3 Å². The standard InChI is InChI=1S/Cl3N9P/c1-13(2,3,10-7-4,11-8-5)12-9-6/q-1. The van der Waals surface area contributed by atoms with E-state index in [1.165, 1.54) is 0 Å². The minimum atomic E-state index is -5.84. The Morgan fingerprint density at radius 3 is 1.15 bits per heavy atom. The molecule has 0 aliphatic heterocycles. The molecule has 0 aliphatic rings. The quantitative estimate of drug-likeness (QED) is 0.284. The van der Waals surface area contributed by atoms with Gasteiger partial charge in [-0.05, 0) is 0 Å². The molecule has 0 heterocycles. The molecular weight excluding hydrogens is 263 g/mol. The third-order valence-corrected chi connectivity index (χ3v) is 3.82. The molecule has 0 rings (SSSR count). The Morgan fingerprint density at radius 1 is 0.769 bits per heavy atom. The van der Waals surface area contributed by atoms with Gasteiger partial charge in [0.1, 0.15) is 0 Å². The van der Waals surface area contributed by atoms with Crippen molar-refractivity contribution < 1.29 is 0 Å². The Morgan fingerprint density at radius 2 is 1.00 bits per heavy atom. The topological polar surface area (TPSA) is 146 Å². The van der Waals surface area contributed by atoms with Crippen LogP contribution in [0.4, 0.5) is 0 Å². The van der Waals surface area contributed by atoms with Crippen molar-refractivity contribution in [2.75, 3.05) is 0 Å². The summed E-state index contributed by atoms with van der Waals surface area (Å²) < 4.78 is -5.84. The van der Waals surface area contributed by atoms with Crippen molar-refractivity contribution in [1.82, 2.24) is 0 Å². The van der Waals surface area contributed by atoms with Crippen LogP contribution in [0.25, 0.3) is 31.3 Å². The molecule has 0 saturated heterocycles. The van der Waals surface area contributed by atoms with Crippen LogP contribution in [0.5, 0.6) is 0 Å². The summed E-state index contributed by atoms with van der Waals surface area (Å²) in [6.07, 6.45) is 0. The monoisotopic (exact) mass is 262 g/mol. The van der Waals surface area contributed by atoms with Crippen LogP contribution in [-0.2, 0) is 0 Å². The van der Waals surface area contributed by atoms with Gasteiger partial charge in [-0.3, -0.25) is 0 Å². The first-order chi connectivity index (χ1) is 5.71. The molecule has 0 unspecified atom stereocenters. The van der Waals surface area contributed by atoms with E-state index in [-0.39, 0.29) is 0 Å². The third-order valence-electron chi connectivity index (χ3n) is 0.664. The number of hydrogen-bond acceptors (Lipinski definition) is 3. The Labute approximate surface area is 84.5 Å². The molecule has 72 valence electrons. The zero-order chi connectivity index (χ0) is 10.7. The zero-order valence-corrected chi connectivity index (χ0v) is 8.77. The van der Waals surface area contributed by atoms with Crippen molar-refractivity contribution in [3.8, 4) is 0 Å². The van der Waals surface area contributed by atoms with Crippen LogP contribution in [0.2, 0.25) is 0 Å². The van der Waals surface area contributed by atoms with Crippen LogP contribution in [0.3, 0.4) is 0 Å². The average molecular weight is 263 g/mol. The summed E-state index contributed by atoms with van der Waals surface area (Å²) in [5, 5.41) is 0. The molecule has 0 N–H and O–H groups in total. The molecule has 0 bridgehead atoms. The first-order valence-corrected chi connectivity index (χ1v) is 7.56. The molecule has 9 nitrogen and oxygen atoms in total. The van der Waals surface area contributed by atoms with E-state index in [2.05, 4.69) is 29.4 Å². The minimum absolute atomic E-state index is 2.15. The summed E-state index contributed by atoms with van der Waals surface area (Å²) in [6, 6.07) is 0. The Balaban J connectivity index is 6.10. The maximum atomic E-state index is 8.06. The number of rotatable bonds is 3. The fourth-order valence-corrected chi connectivity index (χ4v) is 1.71. The van der Waals surface area contributed by atoms with E-state index in [0.29, 0.717) is 0 Å². The van der Waals surface area contributed by atoms with E-state index >= 15 is 0 Å². The van der Waals surface area contributed by atoms with Gasteiger partial charge in [-0.1, -0.05) is 0 Å². The van der Waals surface area contributed by atoms with Crippen LogP contribution >= 0.6 is 38.2 Å². The van der Waals surface area contributed by atoms with Gasteiger partial charge in [-0.2, -0.15) is 0 Å². The predicted molar refractivity (Wildman–Crippen MR) is 51.9 cm³/mol. The summed E-state index contributed by atoms with van der Waals surface area (Å²) in [5.74, 6) is 0. The van der Waals surface area contributed by atoms with E-state index in [0.717, 1.165) is 0 Å². The normalized spacial score (nSPS) is 15.0. The number of halogens is 3. The van der Waals surface area contributed by atoms with Gasteiger partial charge in [0, 0.05) is 0 Å². The van der Waals surface area contributed by atoms with Crippen molar-refractivity contribution in [2.24, 2.45) is 14.7 Å². The van der Waals surface area contributed by atoms with Gasteiger partial charge in [-0.25, -0.2) is 0 Å². The second-order valence-electron chi connectivity index (χ2n) is 1.68. The Hall–Kier alpha value is -0.770. The summed E-state index contributed by atoms with van der Waals surface area (Å²) in [7, 11) is 0. The molecule has 0 spiro atoms. The molecule has 0 aromatic rings. The van der Waals surface area contributed by atoms with Gasteiger partial charge in [0.15, 0.2) is 0 Å². The fourth-order valence-electron chi connectivity index (χ4n) is 0.297. The van der Waals surface area contributed by atoms with Crippen LogP contribution in [0.1, 0.15) is 0 Å². The van der Waals surface area contributed by atoms with Gasteiger partial charge in [0.25, 0.3) is 0 Å². The Bertz CT molecular complexity index is 321. The second-order valence-corrected chi connectivity index (χ2v) is 13.2.